The molecule has 1 amide bonds. The highest BCUT2D eigenvalue weighted by atomic mass is 16.3. The summed E-state index contributed by atoms with van der Waals surface area (Å²) in [4.78, 5) is 12.2. The number of carbonyl (C=O) groups is 1. The van der Waals surface area contributed by atoms with Crippen molar-refractivity contribution in [2.24, 2.45) is 5.10 Å². The van der Waals surface area contributed by atoms with Gasteiger partial charge in [-0.25, -0.2) is 5.43 Å². The lowest BCUT2D eigenvalue weighted by molar-refractivity contribution is 0.0950. The van der Waals surface area contributed by atoms with Crippen molar-refractivity contribution in [3.05, 3.63) is 65.0 Å². The normalized spacial score (nSPS) is 11.5. The SMILES string of the molecule is C/C(=N\NC(=O)c1cc(-c2ccc(C)o2)[nH]n1)c1ccc(C)cc1. The first-order valence-corrected chi connectivity index (χ1v) is 7.57. The van der Waals surface area contributed by atoms with Crippen LogP contribution in [0.5, 0.6) is 0 Å². The Bertz CT molecular complexity index is 888. The van der Waals surface area contributed by atoms with Crippen LogP contribution >= 0.6 is 0 Å². The van der Waals surface area contributed by atoms with Gasteiger partial charge in [-0.3, -0.25) is 9.89 Å². The Labute approximate surface area is 139 Å². The largest absolute Gasteiger partial charge is 0.460 e. The van der Waals surface area contributed by atoms with Crippen LogP contribution in [0.4, 0.5) is 0 Å². The van der Waals surface area contributed by atoms with Gasteiger partial charge in [-0.05, 0) is 38.5 Å². The number of nitrogens with one attached hydrogen (secondary N) is 2. The summed E-state index contributed by atoms with van der Waals surface area (Å²) >= 11 is 0. The van der Waals surface area contributed by atoms with E-state index in [0.29, 0.717) is 11.5 Å². The van der Waals surface area contributed by atoms with E-state index in [1.54, 1.807) is 6.07 Å². The Kier molecular flexibility index (Phi) is 4.29. The van der Waals surface area contributed by atoms with Crippen molar-refractivity contribution >= 4 is 11.6 Å². The van der Waals surface area contributed by atoms with Gasteiger partial charge in [0.1, 0.15) is 11.5 Å². The van der Waals surface area contributed by atoms with Gasteiger partial charge in [0.2, 0.25) is 0 Å². The molecule has 0 atom stereocenters. The minimum absolute atomic E-state index is 0.250. The summed E-state index contributed by atoms with van der Waals surface area (Å²) < 4.78 is 5.50. The maximum atomic E-state index is 12.2. The molecule has 6 nitrogen and oxygen atoms in total. The van der Waals surface area contributed by atoms with Crippen molar-refractivity contribution in [1.29, 1.82) is 0 Å². The van der Waals surface area contributed by atoms with Crippen molar-refractivity contribution in [2.45, 2.75) is 20.8 Å². The number of aromatic amines is 1. The van der Waals surface area contributed by atoms with E-state index in [1.165, 1.54) is 5.56 Å². The number of amides is 1. The molecule has 2 N–H and O–H groups in total. The fraction of sp³-hybridized carbons (Fsp3) is 0.167. The number of hydrazone groups is 1. The molecule has 2 heterocycles. The first-order valence-electron chi connectivity index (χ1n) is 7.57. The molecule has 2 aromatic heterocycles. The van der Waals surface area contributed by atoms with Crippen LogP contribution < -0.4 is 5.43 Å². The number of carbonyl (C=O) groups excluding carboxylic acids is 1. The van der Waals surface area contributed by atoms with E-state index in [9.17, 15) is 4.79 Å². The van der Waals surface area contributed by atoms with Crippen LogP contribution in [-0.2, 0) is 0 Å². The van der Waals surface area contributed by atoms with Crippen LogP contribution in [0.2, 0.25) is 0 Å². The van der Waals surface area contributed by atoms with Crippen LogP contribution in [0, 0.1) is 13.8 Å². The molecule has 0 aliphatic rings. The maximum Gasteiger partial charge on any atom is 0.291 e. The molecule has 122 valence electrons. The van der Waals surface area contributed by atoms with Crippen LogP contribution in [0.3, 0.4) is 0 Å². The highest BCUT2D eigenvalue weighted by Gasteiger charge is 2.13. The van der Waals surface area contributed by atoms with Crippen molar-refractivity contribution in [1.82, 2.24) is 15.6 Å². The zero-order valence-electron chi connectivity index (χ0n) is 13.8. The van der Waals surface area contributed by atoms with Gasteiger partial charge in [-0.1, -0.05) is 29.8 Å². The van der Waals surface area contributed by atoms with Crippen LogP contribution in [-0.4, -0.2) is 21.8 Å². The highest BCUT2D eigenvalue weighted by Crippen LogP contribution is 2.20. The van der Waals surface area contributed by atoms with E-state index >= 15 is 0 Å². The first kappa shape index (κ1) is 15.7. The van der Waals surface area contributed by atoms with E-state index in [0.717, 1.165) is 17.0 Å². The van der Waals surface area contributed by atoms with Crippen LogP contribution in [0.15, 0.2) is 52.0 Å². The lowest BCUT2D eigenvalue weighted by Crippen LogP contribution is -2.19. The van der Waals surface area contributed by atoms with Gasteiger partial charge < -0.3 is 4.42 Å². The molecule has 0 radical (unpaired) electrons. The Morgan fingerprint density at radius 1 is 1.17 bits per heavy atom. The fourth-order valence-electron chi connectivity index (χ4n) is 2.19. The van der Waals surface area contributed by atoms with Gasteiger partial charge in [0, 0.05) is 6.07 Å². The second kappa shape index (κ2) is 6.54. The molecule has 1 aromatic carbocycles. The minimum Gasteiger partial charge on any atom is -0.460 e. The average molecular weight is 322 g/mol. The number of rotatable bonds is 4. The summed E-state index contributed by atoms with van der Waals surface area (Å²) in [5.74, 6) is 1.05. The number of aryl methyl sites for hydroxylation is 2. The number of furan rings is 1. The molecule has 0 aliphatic carbocycles. The molecule has 3 rings (SSSR count). The Balaban J connectivity index is 1.70. The zero-order chi connectivity index (χ0) is 17.1. The van der Waals surface area contributed by atoms with Crippen LogP contribution in [0.25, 0.3) is 11.5 Å². The average Bonchev–Trinajstić information content (AvgIpc) is 3.22. The van der Waals surface area contributed by atoms with Gasteiger partial charge in [0.05, 0.1) is 5.71 Å². The van der Waals surface area contributed by atoms with Gasteiger partial charge in [-0.2, -0.15) is 10.2 Å². The third-order valence-electron chi connectivity index (χ3n) is 3.61. The zero-order valence-corrected chi connectivity index (χ0v) is 13.8. The molecular formula is C18H18N4O2. The fourth-order valence-corrected chi connectivity index (χ4v) is 2.19. The third kappa shape index (κ3) is 3.43. The van der Waals surface area contributed by atoms with E-state index < -0.39 is 0 Å². The maximum absolute atomic E-state index is 12.2. The van der Waals surface area contributed by atoms with Gasteiger partial charge in [0.25, 0.3) is 5.91 Å². The van der Waals surface area contributed by atoms with Gasteiger partial charge >= 0.3 is 0 Å². The lowest BCUT2D eigenvalue weighted by Gasteiger charge is -2.02. The Morgan fingerprint density at radius 3 is 2.58 bits per heavy atom. The van der Waals surface area contributed by atoms with Crippen molar-refractivity contribution in [3.8, 4) is 11.5 Å². The quantitative estimate of drug-likeness (QED) is 0.570. The predicted molar refractivity (Wildman–Crippen MR) is 91.9 cm³/mol. The predicted octanol–water partition coefficient (Wildman–Crippen LogP) is 3.44. The number of aromatic nitrogens is 2. The lowest BCUT2D eigenvalue weighted by atomic mass is 10.1. The molecule has 0 spiro atoms. The van der Waals surface area contributed by atoms with Gasteiger partial charge in [-0.15, -0.1) is 0 Å². The van der Waals surface area contributed by atoms with Crippen LogP contribution in [0.1, 0.15) is 34.3 Å². The summed E-state index contributed by atoms with van der Waals surface area (Å²) in [6.45, 7) is 5.72. The summed E-state index contributed by atoms with van der Waals surface area (Å²) in [6.07, 6.45) is 0. The molecular weight excluding hydrogens is 304 g/mol. The highest BCUT2D eigenvalue weighted by molar-refractivity contribution is 6.00. The molecule has 0 unspecified atom stereocenters. The molecule has 0 aliphatic heterocycles. The minimum atomic E-state index is -0.382. The van der Waals surface area contributed by atoms with E-state index in [1.807, 2.05) is 57.2 Å². The van der Waals surface area contributed by atoms with Crippen molar-refractivity contribution in [3.63, 3.8) is 0 Å². The first-order chi connectivity index (χ1) is 11.5. The van der Waals surface area contributed by atoms with E-state index in [4.69, 9.17) is 4.42 Å². The van der Waals surface area contributed by atoms with E-state index in [2.05, 4.69) is 20.7 Å². The summed E-state index contributed by atoms with van der Waals surface area (Å²) in [5, 5.41) is 10.9. The monoisotopic (exact) mass is 322 g/mol. The number of nitrogens with zero attached hydrogens (tertiary/aromatic N) is 2. The number of hydrogen-bond donors (Lipinski definition) is 2. The number of benzene rings is 1. The molecule has 0 saturated carbocycles. The second-order valence-electron chi connectivity index (χ2n) is 5.58. The number of H-pyrrole nitrogens is 1. The summed E-state index contributed by atoms with van der Waals surface area (Å²) in [6, 6.07) is 13.2. The van der Waals surface area contributed by atoms with E-state index in [-0.39, 0.29) is 11.6 Å². The summed E-state index contributed by atoms with van der Waals surface area (Å²) in [5.41, 5.74) is 6.26. The standard InChI is InChI=1S/C18H18N4O2/c1-11-4-7-14(8-5-11)13(3)19-22-18(23)16-10-15(20-21-16)17-9-6-12(2)24-17/h4-10H,1-3H3,(H,20,21)(H,22,23)/b19-13+. The Morgan fingerprint density at radius 2 is 1.92 bits per heavy atom. The third-order valence-corrected chi connectivity index (χ3v) is 3.61. The van der Waals surface area contributed by atoms with Crippen molar-refractivity contribution < 1.29 is 9.21 Å². The Hall–Kier alpha value is -3.15. The molecule has 0 fully saturated rings. The molecule has 3 aromatic rings. The number of hydrogen-bond acceptors (Lipinski definition) is 4. The molecule has 6 heteroatoms. The van der Waals surface area contributed by atoms with Crippen molar-refractivity contribution in [2.75, 3.05) is 0 Å². The topological polar surface area (TPSA) is 83.3 Å². The molecule has 0 saturated heterocycles. The molecule has 0 bridgehead atoms. The molecule has 24 heavy (non-hydrogen) atoms. The smallest absolute Gasteiger partial charge is 0.291 e. The van der Waals surface area contributed by atoms with Gasteiger partial charge in [0.15, 0.2) is 11.5 Å². The second-order valence-corrected chi connectivity index (χ2v) is 5.58. The summed E-state index contributed by atoms with van der Waals surface area (Å²) in [7, 11) is 0.